The van der Waals surface area contributed by atoms with Gasteiger partial charge in [-0.25, -0.2) is 9.18 Å². The maximum atomic E-state index is 14.3. The Kier molecular flexibility index (Phi) is 5.34. The van der Waals surface area contributed by atoms with Gasteiger partial charge in [-0.3, -0.25) is 4.79 Å². The second kappa shape index (κ2) is 7.81. The molecule has 1 unspecified atom stereocenters. The minimum Gasteiger partial charge on any atom is -0.294 e. The Morgan fingerprint density at radius 1 is 1.17 bits per heavy atom. The van der Waals surface area contributed by atoms with Gasteiger partial charge in [0, 0.05) is 10.6 Å². The standard InChI is InChI=1S/C22H17ClFN2O3S/c1-12-18-20(28)26(16-9-7-15(23)8-10-16)22(29)25(21(18)30-19(12)13(2)27)11-14-5-3-4-6-17(14)24/h3-10,18H,11H2,1-2H3/q+1. The minimum atomic E-state index is -0.769. The van der Waals surface area contributed by atoms with Crippen LogP contribution in [0.2, 0.25) is 5.02 Å². The van der Waals surface area contributed by atoms with E-state index >= 15 is 0 Å². The molecule has 2 aliphatic rings. The SMILES string of the molecule is CC(=O)C1=C(C)C2C(=O)N(c3ccc(Cl)cc3)C(=O)[N+](Cc3ccccc3F)=C2S1. The molecule has 2 heterocycles. The smallest absolute Gasteiger partial charge is 0.294 e. The van der Waals surface area contributed by atoms with Crippen LogP contribution < -0.4 is 4.90 Å². The van der Waals surface area contributed by atoms with Crippen LogP contribution in [0.4, 0.5) is 14.9 Å². The molecule has 0 fully saturated rings. The number of rotatable bonds is 4. The molecular formula is C22H17ClFN2O3S+. The van der Waals surface area contributed by atoms with Gasteiger partial charge in [-0.05, 0) is 61.5 Å². The number of thioether (sulfide) groups is 1. The molecule has 0 aliphatic carbocycles. The molecule has 0 bridgehead atoms. The summed E-state index contributed by atoms with van der Waals surface area (Å²) in [6.45, 7) is 3.09. The van der Waals surface area contributed by atoms with Crippen molar-refractivity contribution in [2.45, 2.75) is 20.4 Å². The Labute approximate surface area is 181 Å². The second-order valence-electron chi connectivity index (χ2n) is 7.05. The number of anilines is 1. The highest BCUT2D eigenvalue weighted by Gasteiger charge is 2.54. The highest BCUT2D eigenvalue weighted by molar-refractivity contribution is 8.18. The van der Waals surface area contributed by atoms with E-state index in [-0.39, 0.29) is 12.3 Å². The zero-order valence-corrected chi connectivity index (χ0v) is 17.8. The Bertz CT molecular complexity index is 1160. The number of urea groups is 1. The predicted molar refractivity (Wildman–Crippen MR) is 114 cm³/mol. The van der Waals surface area contributed by atoms with Crippen LogP contribution in [0.25, 0.3) is 0 Å². The van der Waals surface area contributed by atoms with Crippen molar-refractivity contribution in [3.05, 3.63) is 75.4 Å². The fourth-order valence-electron chi connectivity index (χ4n) is 3.62. The van der Waals surface area contributed by atoms with E-state index in [0.29, 0.717) is 31.8 Å². The minimum absolute atomic E-state index is 0.0554. The van der Waals surface area contributed by atoms with Crippen molar-refractivity contribution in [2.24, 2.45) is 5.92 Å². The van der Waals surface area contributed by atoms with E-state index in [1.54, 1.807) is 49.4 Å². The number of nitrogens with zero attached hydrogens (tertiary/aromatic N) is 2. The number of allylic oxidation sites excluding steroid dienone is 1. The molecule has 0 saturated heterocycles. The number of fused-ring (bicyclic) bond motifs is 1. The van der Waals surface area contributed by atoms with E-state index in [4.69, 9.17) is 11.6 Å². The third-order valence-electron chi connectivity index (χ3n) is 5.09. The fourth-order valence-corrected chi connectivity index (χ4v) is 5.03. The summed E-state index contributed by atoms with van der Waals surface area (Å²) in [5, 5.41) is 0.902. The van der Waals surface area contributed by atoms with Crippen molar-refractivity contribution in [1.29, 1.82) is 0 Å². The van der Waals surface area contributed by atoms with Gasteiger partial charge in [0.1, 0.15) is 18.0 Å². The van der Waals surface area contributed by atoms with Gasteiger partial charge < -0.3 is 0 Å². The van der Waals surface area contributed by atoms with E-state index in [2.05, 4.69) is 0 Å². The average Bonchev–Trinajstić information content (AvgIpc) is 3.06. The number of halogens is 2. The Morgan fingerprint density at radius 3 is 2.47 bits per heavy atom. The molecule has 4 rings (SSSR count). The lowest BCUT2D eigenvalue weighted by molar-refractivity contribution is -0.443. The first-order chi connectivity index (χ1) is 14.3. The van der Waals surface area contributed by atoms with Crippen LogP contribution >= 0.6 is 23.4 Å². The maximum Gasteiger partial charge on any atom is 0.506 e. The van der Waals surface area contributed by atoms with Crippen LogP contribution in [0, 0.1) is 11.7 Å². The van der Waals surface area contributed by atoms with Crippen molar-refractivity contribution < 1.29 is 23.3 Å². The number of hydrogen-bond donors (Lipinski definition) is 0. The molecule has 1 atom stereocenters. The van der Waals surface area contributed by atoms with E-state index < -0.39 is 23.7 Å². The molecule has 8 heteroatoms. The number of carbonyl (C=O) groups excluding carboxylic acids is 3. The van der Waals surface area contributed by atoms with Gasteiger partial charge in [-0.1, -0.05) is 29.8 Å². The quantitative estimate of drug-likeness (QED) is 0.638. The van der Waals surface area contributed by atoms with Crippen LogP contribution in [-0.4, -0.2) is 27.3 Å². The molecule has 2 aliphatic heterocycles. The third-order valence-corrected chi connectivity index (χ3v) is 6.82. The number of amides is 3. The molecule has 2 aromatic carbocycles. The summed E-state index contributed by atoms with van der Waals surface area (Å²) in [4.78, 5) is 40.3. The predicted octanol–water partition coefficient (Wildman–Crippen LogP) is 4.78. The van der Waals surface area contributed by atoms with Crippen molar-refractivity contribution in [1.82, 2.24) is 0 Å². The summed E-state index contributed by atoms with van der Waals surface area (Å²) in [5.41, 5.74) is 1.27. The Morgan fingerprint density at radius 2 is 1.83 bits per heavy atom. The Hall–Kier alpha value is -2.77. The first-order valence-electron chi connectivity index (χ1n) is 9.20. The van der Waals surface area contributed by atoms with Crippen molar-refractivity contribution in [3.63, 3.8) is 0 Å². The summed E-state index contributed by atoms with van der Waals surface area (Å²) >= 11 is 7.06. The van der Waals surface area contributed by atoms with E-state index in [1.165, 1.54) is 17.6 Å². The molecule has 2 aromatic rings. The molecule has 0 N–H and O–H groups in total. The molecule has 30 heavy (non-hydrogen) atoms. The summed E-state index contributed by atoms with van der Waals surface area (Å²) in [7, 11) is 0. The van der Waals surface area contributed by atoms with E-state index in [0.717, 1.165) is 16.7 Å². The van der Waals surface area contributed by atoms with Crippen LogP contribution in [0.1, 0.15) is 19.4 Å². The zero-order chi connectivity index (χ0) is 21.6. The number of benzene rings is 2. The number of ketones is 1. The third kappa shape index (κ3) is 3.38. The summed E-state index contributed by atoms with van der Waals surface area (Å²) in [6.07, 6.45) is 0. The molecule has 5 nitrogen and oxygen atoms in total. The number of carbonyl (C=O) groups is 3. The summed E-state index contributed by atoms with van der Waals surface area (Å²) < 4.78 is 15.7. The molecule has 0 saturated carbocycles. The highest BCUT2D eigenvalue weighted by Crippen LogP contribution is 2.42. The van der Waals surface area contributed by atoms with Crippen LogP contribution in [0.5, 0.6) is 0 Å². The average molecular weight is 444 g/mol. The second-order valence-corrected chi connectivity index (χ2v) is 8.52. The largest absolute Gasteiger partial charge is 0.506 e. The summed E-state index contributed by atoms with van der Waals surface area (Å²) in [6, 6.07) is 11.9. The maximum absolute atomic E-state index is 14.3. The molecular weight excluding hydrogens is 427 g/mol. The molecule has 152 valence electrons. The van der Waals surface area contributed by atoms with Crippen LogP contribution in [0.15, 0.2) is 59.0 Å². The van der Waals surface area contributed by atoms with Crippen molar-refractivity contribution >= 4 is 51.8 Å². The summed E-state index contributed by atoms with van der Waals surface area (Å²) in [5.74, 6) is -1.84. The molecule has 0 spiro atoms. The molecule has 0 aromatic heterocycles. The van der Waals surface area contributed by atoms with E-state index in [1.807, 2.05) is 0 Å². The monoisotopic (exact) mass is 443 g/mol. The number of imide groups is 1. The van der Waals surface area contributed by atoms with Gasteiger partial charge in [-0.15, -0.1) is 4.90 Å². The molecule has 0 radical (unpaired) electrons. The lowest BCUT2D eigenvalue weighted by Crippen LogP contribution is -2.53. The highest BCUT2D eigenvalue weighted by atomic mass is 35.5. The van der Waals surface area contributed by atoms with Crippen molar-refractivity contribution in [2.75, 3.05) is 4.90 Å². The Balaban J connectivity index is 1.87. The van der Waals surface area contributed by atoms with Gasteiger partial charge in [-0.2, -0.15) is 9.37 Å². The van der Waals surface area contributed by atoms with Crippen LogP contribution in [0.3, 0.4) is 0 Å². The first kappa shape index (κ1) is 20.5. The topological polar surface area (TPSA) is 57.5 Å². The van der Waals surface area contributed by atoms with Gasteiger partial charge in [0.2, 0.25) is 0 Å². The first-order valence-corrected chi connectivity index (χ1v) is 10.4. The number of Topliss-reactive ketones (excluding diaryl/α,β-unsaturated/α-hetero) is 1. The van der Waals surface area contributed by atoms with Crippen LogP contribution in [-0.2, 0) is 16.1 Å². The lowest BCUT2D eigenvalue weighted by atomic mass is 9.97. The normalized spacial score (nSPS) is 18.9. The van der Waals surface area contributed by atoms with Gasteiger partial charge >= 0.3 is 11.9 Å². The zero-order valence-electron chi connectivity index (χ0n) is 16.2. The van der Waals surface area contributed by atoms with Gasteiger partial charge in [0.15, 0.2) is 16.7 Å². The fraction of sp³-hybridized carbons (Fsp3) is 0.182. The van der Waals surface area contributed by atoms with Gasteiger partial charge in [0.05, 0.1) is 4.91 Å². The lowest BCUT2D eigenvalue weighted by Gasteiger charge is -2.25. The van der Waals surface area contributed by atoms with Gasteiger partial charge in [0.25, 0.3) is 0 Å². The van der Waals surface area contributed by atoms with Crippen molar-refractivity contribution in [3.8, 4) is 0 Å². The number of hydrogen-bond acceptors (Lipinski definition) is 4. The van der Waals surface area contributed by atoms with E-state index in [9.17, 15) is 18.8 Å². The molecule has 3 amide bonds.